The van der Waals surface area contributed by atoms with Crippen LogP contribution >= 0.6 is 22.6 Å². The summed E-state index contributed by atoms with van der Waals surface area (Å²) in [6.07, 6.45) is 0. The average molecular weight is 384 g/mol. The molecule has 0 aliphatic carbocycles. The lowest BCUT2D eigenvalue weighted by Crippen LogP contribution is -2.09. The van der Waals surface area contributed by atoms with Gasteiger partial charge in [-0.25, -0.2) is 9.59 Å². The van der Waals surface area contributed by atoms with Crippen molar-refractivity contribution in [2.24, 2.45) is 0 Å². The molecule has 5 nitrogen and oxygen atoms in total. The molecule has 0 aromatic heterocycles. The molecule has 0 radical (unpaired) electrons. The third-order valence-corrected chi connectivity index (χ3v) is 3.21. The van der Waals surface area contributed by atoms with E-state index in [0.717, 1.165) is 15.7 Å². The summed E-state index contributed by atoms with van der Waals surface area (Å²) in [5.41, 5.74) is -0.193. The lowest BCUT2D eigenvalue weighted by Gasteiger charge is -2.06. The third-order valence-electron chi connectivity index (χ3n) is 2.49. The van der Waals surface area contributed by atoms with Crippen LogP contribution in [-0.4, -0.2) is 22.2 Å². The Balaban J connectivity index is 2.19. The third kappa shape index (κ3) is 3.27. The zero-order chi connectivity index (χ0) is 14.7. The standard InChI is InChI=1S/C14H9IO5/c15-9-2-4-10(5-3-9)20-14(19)8-1-6-11(13(17)18)12(16)7-8/h1-7,16H,(H,17,18). The minimum absolute atomic E-state index is 0.0750. The molecule has 0 aliphatic heterocycles. The zero-order valence-electron chi connectivity index (χ0n) is 10.0. The highest BCUT2D eigenvalue weighted by Crippen LogP contribution is 2.21. The maximum absolute atomic E-state index is 11.8. The number of aromatic carboxylic acids is 1. The summed E-state index contributed by atoms with van der Waals surface area (Å²) >= 11 is 2.13. The van der Waals surface area contributed by atoms with E-state index >= 15 is 0 Å². The van der Waals surface area contributed by atoms with Gasteiger partial charge in [-0.15, -0.1) is 0 Å². The van der Waals surface area contributed by atoms with Gasteiger partial charge in [0.2, 0.25) is 0 Å². The molecule has 102 valence electrons. The molecule has 0 bridgehead atoms. The van der Waals surface area contributed by atoms with Crippen molar-refractivity contribution in [2.45, 2.75) is 0 Å². The van der Waals surface area contributed by atoms with Gasteiger partial charge >= 0.3 is 11.9 Å². The van der Waals surface area contributed by atoms with Gasteiger partial charge in [-0.05, 0) is 65.1 Å². The van der Waals surface area contributed by atoms with E-state index in [4.69, 9.17) is 9.84 Å². The Labute approximate surface area is 128 Å². The van der Waals surface area contributed by atoms with E-state index in [1.54, 1.807) is 24.3 Å². The molecule has 2 rings (SSSR count). The molecule has 2 aromatic carbocycles. The lowest BCUT2D eigenvalue weighted by atomic mass is 10.1. The number of hydrogen-bond acceptors (Lipinski definition) is 4. The highest BCUT2D eigenvalue weighted by molar-refractivity contribution is 14.1. The van der Waals surface area contributed by atoms with Crippen LogP contribution in [0.15, 0.2) is 42.5 Å². The van der Waals surface area contributed by atoms with E-state index in [-0.39, 0.29) is 11.1 Å². The van der Waals surface area contributed by atoms with Crippen molar-refractivity contribution in [2.75, 3.05) is 0 Å². The maximum Gasteiger partial charge on any atom is 0.343 e. The van der Waals surface area contributed by atoms with E-state index < -0.39 is 17.7 Å². The first-order valence-electron chi connectivity index (χ1n) is 5.51. The number of halogens is 1. The molecule has 0 amide bonds. The minimum Gasteiger partial charge on any atom is -0.507 e. The molecule has 0 unspecified atom stereocenters. The van der Waals surface area contributed by atoms with Crippen molar-refractivity contribution >= 4 is 34.5 Å². The lowest BCUT2D eigenvalue weighted by molar-refractivity contribution is 0.0688. The number of phenols is 1. The Morgan fingerprint density at radius 1 is 1.05 bits per heavy atom. The largest absolute Gasteiger partial charge is 0.507 e. The molecule has 0 aliphatic rings. The van der Waals surface area contributed by atoms with E-state index in [9.17, 15) is 14.7 Å². The van der Waals surface area contributed by atoms with E-state index in [2.05, 4.69) is 22.6 Å². The number of rotatable bonds is 3. The van der Waals surface area contributed by atoms with Gasteiger partial charge in [-0.3, -0.25) is 0 Å². The highest BCUT2D eigenvalue weighted by Gasteiger charge is 2.14. The Bertz CT molecular complexity index is 664. The van der Waals surface area contributed by atoms with E-state index in [1.807, 2.05) is 0 Å². The van der Waals surface area contributed by atoms with Crippen LogP contribution in [0, 0.1) is 3.57 Å². The van der Waals surface area contributed by atoms with E-state index in [1.165, 1.54) is 6.07 Å². The summed E-state index contributed by atoms with van der Waals surface area (Å²) in [5.74, 6) is -2.04. The van der Waals surface area contributed by atoms with Gasteiger partial charge in [0.1, 0.15) is 17.1 Å². The quantitative estimate of drug-likeness (QED) is 0.483. The van der Waals surface area contributed by atoms with Crippen LogP contribution in [0.5, 0.6) is 11.5 Å². The predicted molar refractivity (Wildman–Crippen MR) is 79.2 cm³/mol. The SMILES string of the molecule is O=C(Oc1ccc(I)cc1)c1ccc(C(=O)O)c(O)c1. The molecule has 0 atom stereocenters. The van der Waals surface area contributed by atoms with Gasteiger partial charge in [-0.2, -0.15) is 0 Å². The first-order chi connectivity index (χ1) is 9.47. The van der Waals surface area contributed by atoms with Crippen molar-refractivity contribution in [3.8, 4) is 11.5 Å². The van der Waals surface area contributed by atoms with Crippen molar-refractivity contribution in [1.82, 2.24) is 0 Å². The fourth-order valence-corrected chi connectivity index (χ4v) is 1.87. The molecule has 0 heterocycles. The molecule has 2 N–H and O–H groups in total. The van der Waals surface area contributed by atoms with Crippen molar-refractivity contribution in [1.29, 1.82) is 0 Å². The molecule has 20 heavy (non-hydrogen) atoms. The van der Waals surface area contributed by atoms with Crippen LogP contribution in [0.1, 0.15) is 20.7 Å². The number of aromatic hydroxyl groups is 1. The average Bonchev–Trinajstić information content (AvgIpc) is 2.40. The summed E-state index contributed by atoms with van der Waals surface area (Å²) in [4.78, 5) is 22.6. The van der Waals surface area contributed by atoms with Gasteiger partial charge in [0.15, 0.2) is 0 Å². The van der Waals surface area contributed by atoms with Crippen LogP contribution in [0.3, 0.4) is 0 Å². The predicted octanol–water partition coefficient (Wildman–Crippen LogP) is 2.91. The molecule has 6 heteroatoms. The number of carbonyl (C=O) groups excluding carboxylic acids is 1. The van der Waals surface area contributed by atoms with Gasteiger partial charge in [0.25, 0.3) is 0 Å². The van der Waals surface area contributed by atoms with Crippen molar-refractivity contribution in [3.63, 3.8) is 0 Å². The summed E-state index contributed by atoms with van der Waals surface area (Å²) in [5, 5.41) is 18.3. The van der Waals surface area contributed by atoms with Crippen LogP contribution in [0.25, 0.3) is 0 Å². The number of hydrogen-bond donors (Lipinski definition) is 2. The molecule has 2 aromatic rings. The second kappa shape index (κ2) is 5.91. The fourth-order valence-electron chi connectivity index (χ4n) is 1.51. The number of esters is 1. The summed E-state index contributed by atoms with van der Waals surface area (Å²) in [6.45, 7) is 0. The number of carbonyl (C=O) groups is 2. The topological polar surface area (TPSA) is 83.8 Å². The zero-order valence-corrected chi connectivity index (χ0v) is 12.2. The fraction of sp³-hybridized carbons (Fsp3) is 0. The molecule has 0 saturated heterocycles. The second-order valence-electron chi connectivity index (χ2n) is 3.88. The maximum atomic E-state index is 11.8. The number of benzene rings is 2. The Morgan fingerprint density at radius 2 is 1.70 bits per heavy atom. The Hall–Kier alpha value is -2.09. The highest BCUT2D eigenvalue weighted by atomic mass is 127. The molecule has 0 saturated carbocycles. The van der Waals surface area contributed by atoms with E-state index in [0.29, 0.717) is 5.75 Å². The molecular formula is C14H9IO5. The Morgan fingerprint density at radius 3 is 2.25 bits per heavy atom. The van der Waals surface area contributed by atoms with Crippen molar-refractivity contribution in [3.05, 3.63) is 57.2 Å². The smallest absolute Gasteiger partial charge is 0.343 e. The van der Waals surface area contributed by atoms with Crippen LogP contribution < -0.4 is 4.74 Å². The summed E-state index contributed by atoms with van der Waals surface area (Å²) in [6, 6.07) is 10.4. The van der Waals surface area contributed by atoms with Gasteiger partial charge in [-0.1, -0.05) is 0 Å². The first-order valence-corrected chi connectivity index (χ1v) is 6.59. The first kappa shape index (κ1) is 14.3. The summed E-state index contributed by atoms with van der Waals surface area (Å²) < 4.78 is 6.12. The van der Waals surface area contributed by atoms with Crippen molar-refractivity contribution < 1.29 is 24.5 Å². The monoisotopic (exact) mass is 384 g/mol. The Kier molecular flexibility index (Phi) is 4.23. The number of carboxylic acid groups (broad SMARTS) is 1. The second-order valence-corrected chi connectivity index (χ2v) is 5.13. The normalized spacial score (nSPS) is 10.1. The number of carboxylic acids is 1. The number of ether oxygens (including phenoxy) is 1. The van der Waals surface area contributed by atoms with Gasteiger partial charge in [0, 0.05) is 3.57 Å². The minimum atomic E-state index is -1.26. The van der Waals surface area contributed by atoms with Crippen LogP contribution in [0.4, 0.5) is 0 Å². The van der Waals surface area contributed by atoms with Gasteiger partial charge in [0.05, 0.1) is 5.56 Å². The molecule has 0 spiro atoms. The van der Waals surface area contributed by atoms with Gasteiger partial charge < -0.3 is 14.9 Å². The summed E-state index contributed by atoms with van der Waals surface area (Å²) in [7, 11) is 0. The van der Waals surface area contributed by atoms with Crippen LogP contribution in [-0.2, 0) is 0 Å². The molecule has 0 fully saturated rings. The van der Waals surface area contributed by atoms with Crippen LogP contribution in [0.2, 0.25) is 0 Å². The molecular weight excluding hydrogens is 375 g/mol.